The number of ether oxygens (including phenoxy) is 1. The van der Waals surface area contributed by atoms with Gasteiger partial charge in [-0.2, -0.15) is 0 Å². The van der Waals surface area contributed by atoms with E-state index >= 15 is 0 Å². The number of benzene rings is 1. The maximum absolute atomic E-state index is 13.5. The summed E-state index contributed by atoms with van der Waals surface area (Å²) in [4.78, 5) is 0. The first-order valence-corrected chi connectivity index (χ1v) is 6.20. The Kier molecular flexibility index (Phi) is 2.71. The van der Waals surface area contributed by atoms with E-state index in [-0.39, 0.29) is 5.82 Å². The van der Waals surface area contributed by atoms with Crippen LogP contribution in [0, 0.1) is 5.82 Å². The highest BCUT2D eigenvalue weighted by Gasteiger charge is 2.17. The van der Waals surface area contributed by atoms with Crippen molar-refractivity contribution < 1.29 is 9.13 Å². The maximum Gasteiger partial charge on any atom is 0.123 e. The fourth-order valence-corrected chi connectivity index (χ4v) is 2.74. The van der Waals surface area contributed by atoms with Gasteiger partial charge in [-0.1, -0.05) is 6.08 Å². The standard InChI is InChI=1S/C15H16FNO/c1-10-5-7-18-8-6-14-15(10)12-9-11(16)3-4-13(12)17(14)2/h3-5,9H,6-8H2,1-2H3/b10-5-. The second-order valence-corrected chi connectivity index (χ2v) is 4.75. The molecule has 0 aliphatic carbocycles. The zero-order valence-electron chi connectivity index (χ0n) is 10.7. The normalized spacial score (nSPS) is 18.9. The van der Waals surface area contributed by atoms with Crippen LogP contribution < -0.4 is 0 Å². The first-order chi connectivity index (χ1) is 8.68. The minimum Gasteiger partial charge on any atom is -0.377 e. The molecule has 0 spiro atoms. The Hall–Kier alpha value is -1.61. The van der Waals surface area contributed by atoms with Crippen LogP contribution in [0.3, 0.4) is 0 Å². The molecule has 2 heterocycles. The van der Waals surface area contributed by atoms with Gasteiger partial charge in [0.15, 0.2) is 0 Å². The molecule has 1 aromatic heterocycles. The van der Waals surface area contributed by atoms with Gasteiger partial charge in [0, 0.05) is 35.6 Å². The second kappa shape index (κ2) is 4.25. The summed E-state index contributed by atoms with van der Waals surface area (Å²) in [6, 6.07) is 5.00. The number of nitrogens with zero attached hydrogens (tertiary/aromatic N) is 1. The van der Waals surface area contributed by atoms with Gasteiger partial charge in [-0.25, -0.2) is 4.39 Å². The van der Waals surface area contributed by atoms with E-state index < -0.39 is 0 Å². The molecule has 94 valence electrons. The Morgan fingerprint density at radius 1 is 1.33 bits per heavy atom. The minimum atomic E-state index is -0.179. The lowest BCUT2D eigenvalue weighted by atomic mass is 10.0. The summed E-state index contributed by atoms with van der Waals surface area (Å²) in [5, 5.41) is 1.00. The van der Waals surface area contributed by atoms with Gasteiger partial charge in [-0.3, -0.25) is 0 Å². The van der Waals surface area contributed by atoms with Crippen LogP contribution in [0.1, 0.15) is 18.2 Å². The molecule has 0 saturated carbocycles. The second-order valence-electron chi connectivity index (χ2n) is 4.75. The molecule has 0 radical (unpaired) electrons. The van der Waals surface area contributed by atoms with E-state index in [1.807, 2.05) is 13.1 Å². The molecular formula is C15H16FNO. The highest BCUT2D eigenvalue weighted by atomic mass is 19.1. The molecule has 2 nitrogen and oxygen atoms in total. The zero-order valence-corrected chi connectivity index (χ0v) is 10.7. The molecule has 0 fully saturated rings. The summed E-state index contributed by atoms with van der Waals surface area (Å²) < 4.78 is 21.1. The smallest absolute Gasteiger partial charge is 0.123 e. The van der Waals surface area contributed by atoms with Crippen LogP contribution in [0.25, 0.3) is 16.5 Å². The Morgan fingerprint density at radius 3 is 3.00 bits per heavy atom. The number of allylic oxidation sites excluding steroid dienone is 1. The van der Waals surface area contributed by atoms with Crippen LogP contribution in [-0.4, -0.2) is 17.8 Å². The molecule has 0 amide bonds. The molecule has 1 aromatic carbocycles. The van der Waals surface area contributed by atoms with Crippen LogP contribution >= 0.6 is 0 Å². The van der Waals surface area contributed by atoms with E-state index in [4.69, 9.17) is 4.74 Å². The molecule has 3 heteroatoms. The van der Waals surface area contributed by atoms with Crippen LogP contribution in [0.15, 0.2) is 24.3 Å². The summed E-state index contributed by atoms with van der Waals surface area (Å²) >= 11 is 0. The predicted molar refractivity (Wildman–Crippen MR) is 71.1 cm³/mol. The van der Waals surface area contributed by atoms with Gasteiger partial charge in [-0.15, -0.1) is 0 Å². The Morgan fingerprint density at radius 2 is 2.17 bits per heavy atom. The topological polar surface area (TPSA) is 14.2 Å². The Labute approximate surface area is 106 Å². The van der Waals surface area contributed by atoms with Crippen molar-refractivity contribution in [2.75, 3.05) is 13.2 Å². The fourth-order valence-electron chi connectivity index (χ4n) is 2.74. The number of aryl methyl sites for hydroxylation is 1. The number of aromatic nitrogens is 1. The van der Waals surface area contributed by atoms with Gasteiger partial charge in [0.1, 0.15) is 5.82 Å². The van der Waals surface area contributed by atoms with Crippen molar-refractivity contribution >= 4 is 16.5 Å². The quantitative estimate of drug-likeness (QED) is 0.694. The number of fused-ring (bicyclic) bond motifs is 3. The van der Waals surface area contributed by atoms with Crippen molar-refractivity contribution in [2.24, 2.45) is 7.05 Å². The average molecular weight is 245 g/mol. The molecule has 0 bridgehead atoms. The van der Waals surface area contributed by atoms with Crippen molar-refractivity contribution in [2.45, 2.75) is 13.3 Å². The molecule has 1 aliphatic heterocycles. The van der Waals surface area contributed by atoms with Crippen molar-refractivity contribution in [1.29, 1.82) is 0 Å². The molecule has 3 rings (SSSR count). The lowest BCUT2D eigenvalue weighted by Gasteiger charge is -2.12. The van der Waals surface area contributed by atoms with E-state index in [1.165, 1.54) is 22.9 Å². The lowest BCUT2D eigenvalue weighted by molar-refractivity contribution is 0.164. The SMILES string of the molecule is C/C1=C/COCCc2c1c1cc(F)ccc1n2C. The number of halogens is 1. The van der Waals surface area contributed by atoms with E-state index in [2.05, 4.69) is 17.6 Å². The molecule has 1 aliphatic rings. The molecule has 18 heavy (non-hydrogen) atoms. The third-order valence-electron chi connectivity index (χ3n) is 3.67. The highest BCUT2D eigenvalue weighted by molar-refractivity contribution is 5.94. The highest BCUT2D eigenvalue weighted by Crippen LogP contribution is 2.32. The molecular weight excluding hydrogens is 229 g/mol. The number of hydrogen-bond acceptors (Lipinski definition) is 1. The predicted octanol–water partition coefficient (Wildman–Crippen LogP) is 3.29. The summed E-state index contributed by atoms with van der Waals surface area (Å²) in [6.07, 6.45) is 2.94. The van der Waals surface area contributed by atoms with Crippen LogP contribution in [0.5, 0.6) is 0 Å². The fraction of sp³-hybridized carbons (Fsp3) is 0.333. The van der Waals surface area contributed by atoms with Gasteiger partial charge in [0.2, 0.25) is 0 Å². The van der Waals surface area contributed by atoms with Crippen molar-refractivity contribution in [3.05, 3.63) is 41.3 Å². The summed E-state index contributed by atoms with van der Waals surface area (Å²) in [6.45, 7) is 3.41. The van der Waals surface area contributed by atoms with Crippen LogP contribution in [-0.2, 0) is 18.2 Å². The van der Waals surface area contributed by atoms with Crippen molar-refractivity contribution in [1.82, 2.24) is 4.57 Å². The van der Waals surface area contributed by atoms with Crippen molar-refractivity contribution in [3.63, 3.8) is 0 Å². The molecule has 0 atom stereocenters. The van der Waals surface area contributed by atoms with Gasteiger partial charge >= 0.3 is 0 Å². The minimum absolute atomic E-state index is 0.179. The van der Waals surface area contributed by atoms with Gasteiger partial charge in [-0.05, 0) is 30.7 Å². The molecule has 2 aromatic rings. The largest absolute Gasteiger partial charge is 0.377 e. The first kappa shape index (κ1) is 11.5. The van der Waals surface area contributed by atoms with Gasteiger partial charge < -0.3 is 9.30 Å². The van der Waals surface area contributed by atoms with Crippen molar-refractivity contribution in [3.8, 4) is 0 Å². The van der Waals surface area contributed by atoms with E-state index in [0.29, 0.717) is 13.2 Å². The summed E-state index contributed by atoms with van der Waals surface area (Å²) in [7, 11) is 2.04. The Bertz CT molecular complexity index is 639. The van der Waals surface area contributed by atoms with E-state index in [0.717, 1.165) is 17.3 Å². The average Bonchev–Trinajstić information content (AvgIpc) is 2.58. The zero-order chi connectivity index (χ0) is 12.7. The van der Waals surface area contributed by atoms with Crippen LogP contribution in [0.4, 0.5) is 4.39 Å². The molecule has 0 N–H and O–H groups in total. The summed E-state index contributed by atoms with van der Waals surface area (Å²) in [5.41, 5.74) is 4.65. The van der Waals surface area contributed by atoms with E-state index in [9.17, 15) is 4.39 Å². The third-order valence-corrected chi connectivity index (χ3v) is 3.67. The lowest BCUT2D eigenvalue weighted by Crippen LogP contribution is -2.07. The van der Waals surface area contributed by atoms with Gasteiger partial charge in [0.25, 0.3) is 0 Å². The Balaban J connectivity index is 2.38. The monoisotopic (exact) mass is 245 g/mol. The molecule has 0 unspecified atom stereocenters. The maximum atomic E-state index is 13.5. The van der Waals surface area contributed by atoms with E-state index in [1.54, 1.807) is 6.07 Å². The third kappa shape index (κ3) is 1.66. The first-order valence-electron chi connectivity index (χ1n) is 6.20. The number of rotatable bonds is 0. The molecule has 0 saturated heterocycles. The number of hydrogen-bond donors (Lipinski definition) is 0. The van der Waals surface area contributed by atoms with Crippen LogP contribution in [0.2, 0.25) is 0 Å². The van der Waals surface area contributed by atoms with Gasteiger partial charge in [0.05, 0.1) is 13.2 Å². The summed E-state index contributed by atoms with van der Waals surface area (Å²) in [5.74, 6) is -0.179.